The van der Waals surface area contributed by atoms with E-state index in [0.29, 0.717) is 5.69 Å². The van der Waals surface area contributed by atoms with Crippen LogP contribution in [0.4, 0.5) is 13.2 Å². The number of fused-ring (bicyclic) bond motifs is 1. The first-order chi connectivity index (χ1) is 9.97. The summed E-state index contributed by atoms with van der Waals surface area (Å²) < 4.78 is 40.1. The molecule has 3 rings (SSSR count). The fourth-order valence-electron chi connectivity index (χ4n) is 2.65. The summed E-state index contributed by atoms with van der Waals surface area (Å²) in [5.41, 5.74) is -1.33. The van der Waals surface area contributed by atoms with Crippen molar-refractivity contribution in [2.24, 2.45) is 0 Å². The van der Waals surface area contributed by atoms with Crippen LogP contribution in [-0.4, -0.2) is 15.9 Å². The van der Waals surface area contributed by atoms with Gasteiger partial charge in [-0.15, -0.1) is 0 Å². The van der Waals surface area contributed by atoms with E-state index >= 15 is 0 Å². The number of pyridine rings is 1. The van der Waals surface area contributed by atoms with Crippen LogP contribution in [0.3, 0.4) is 0 Å². The molecule has 1 saturated heterocycles. The van der Waals surface area contributed by atoms with Crippen molar-refractivity contribution in [2.75, 3.05) is 6.54 Å². The van der Waals surface area contributed by atoms with Gasteiger partial charge >= 0.3 is 6.18 Å². The van der Waals surface area contributed by atoms with E-state index < -0.39 is 17.3 Å². The maximum absolute atomic E-state index is 13.1. The standard InChI is InChI=1S/C14H14F3N3O/c15-14(16,17)9-4-3-7-20-12(21)8-11(19-13(9)20)10-5-1-2-6-18-10/h3-4,7-8,10,18H,1-2,5-6H2. The van der Waals surface area contributed by atoms with Crippen LogP contribution in [0.25, 0.3) is 5.65 Å². The Hall–Kier alpha value is -1.89. The molecule has 0 aromatic carbocycles. The molecule has 21 heavy (non-hydrogen) atoms. The number of nitrogens with zero attached hydrogens (tertiary/aromatic N) is 2. The van der Waals surface area contributed by atoms with E-state index in [9.17, 15) is 18.0 Å². The maximum atomic E-state index is 13.1. The zero-order valence-corrected chi connectivity index (χ0v) is 11.2. The lowest BCUT2D eigenvalue weighted by molar-refractivity contribution is -0.136. The molecule has 0 saturated carbocycles. The average Bonchev–Trinajstić information content (AvgIpc) is 2.46. The number of hydrogen-bond acceptors (Lipinski definition) is 3. The molecule has 3 heterocycles. The Morgan fingerprint density at radius 2 is 2.14 bits per heavy atom. The van der Waals surface area contributed by atoms with Crippen molar-refractivity contribution in [3.63, 3.8) is 0 Å². The van der Waals surface area contributed by atoms with Gasteiger partial charge in [0.05, 0.1) is 11.3 Å². The van der Waals surface area contributed by atoms with Crippen LogP contribution in [0.2, 0.25) is 0 Å². The molecule has 1 N–H and O–H groups in total. The molecule has 112 valence electrons. The first-order valence-corrected chi connectivity index (χ1v) is 6.80. The number of halogens is 3. The molecule has 1 atom stereocenters. The van der Waals surface area contributed by atoms with Crippen molar-refractivity contribution in [1.82, 2.24) is 14.7 Å². The molecule has 2 aromatic heterocycles. The molecule has 0 bridgehead atoms. The molecule has 1 aliphatic rings. The molecule has 2 aromatic rings. The van der Waals surface area contributed by atoms with Crippen molar-refractivity contribution in [3.8, 4) is 0 Å². The number of piperidine rings is 1. The first-order valence-electron chi connectivity index (χ1n) is 6.80. The van der Waals surface area contributed by atoms with Crippen LogP contribution in [0, 0.1) is 0 Å². The lowest BCUT2D eigenvalue weighted by Crippen LogP contribution is -2.29. The van der Waals surface area contributed by atoms with E-state index in [0.717, 1.165) is 36.3 Å². The topological polar surface area (TPSA) is 46.4 Å². The molecule has 0 spiro atoms. The average molecular weight is 297 g/mol. The van der Waals surface area contributed by atoms with Crippen LogP contribution in [-0.2, 0) is 6.18 Å². The number of alkyl halides is 3. The van der Waals surface area contributed by atoms with Gasteiger partial charge in [-0.05, 0) is 31.5 Å². The minimum absolute atomic E-state index is 0.155. The second kappa shape index (κ2) is 5.14. The smallest absolute Gasteiger partial charge is 0.309 e. The molecule has 1 aliphatic heterocycles. The number of aromatic nitrogens is 2. The monoisotopic (exact) mass is 297 g/mol. The maximum Gasteiger partial charge on any atom is 0.419 e. The van der Waals surface area contributed by atoms with Gasteiger partial charge < -0.3 is 5.32 Å². The van der Waals surface area contributed by atoms with Gasteiger partial charge in [-0.1, -0.05) is 6.42 Å². The van der Waals surface area contributed by atoms with Crippen LogP contribution in [0.15, 0.2) is 29.2 Å². The van der Waals surface area contributed by atoms with E-state index in [1.165, 1.54) is 18.3 Å². The van der Waals surface area contributed by atoms with E-state index in [-0.39, 0.29) is 11.7 Å². The Balaban J connectivity index is 2.19. The third-order valence-corrected chi connectivity index (χ3v) is 3.68. The van der Waals surface area contributed by atoms with Gasteiger partial charge in [0.15, 0.2) is 5.65 Å². The number of nitrogens with one attached hydrogen (secondary N) is 1. The van der Waals surface area contributed by atoms with Gasteiger partial charge in [-0.2, -0.15) is 13.2 Å². The molecular formula is C14H14F3N3O. The molecule has 1 unspecified atom stereocenters. The Morgan fingerprint density at radius 3 is 2.81 bits per heavy atom. The summed E-state index contributed by atoms with van der Waals surface area (Å²) in [6, 6.07) is 3.31. The summed E-state index contributed by atoms with van der Waals surface area (Å²) in [6.07, 6.45) is -0.462. The highest BCUT2D eigenvalue weighted by Gasteiger charge is 2.34. The van der Waals surface area contributed by atoms with E-state index in [4.69, 9.17) is 0 Å². The second-order valence-electron chi connectivity index (χ2n) is 5.13. The highest BCUT2D eigenvalue weighted by Crippen LogP contribution is 2.31. The zero-order chi connectivity index (χ0) is 15.0. The quantitative estimate of drug-likeness (QED) is 0.880. The highest BCUT2D eigenvalue weighted by atomic mass is 19.4. The van der Waals surface area contributed by atoms with Gasteiger partial charge in [0.25, 0.3) is 5.56 Å². The Kier molecular flexibility index (Phi) is 3.44. The number of rotatable bonds is 1. The summed E-state index contributed by atoms with van der Waals surface area (Å²) in [5, 5.41) is 3.19. The van der Waals surface area contributed by atoms with Crippen molar-refractivity contribution >= 4 is 5.65 Å². The highest BCUT2D eigenvalue weighted by molar-refractivity contribution is 5.49. The van der Waals surface area contributed by atoms with Crippen molar-refractivity contribution in [1.29, 1.82) is 0 Å². The molecule has 0 amide bonds. The largest absolute Gasteiger partial charge is 0.419 e. The summed E-state index contributed by atoms with van der Waals surface area (Å²) in [6.45, 7) is 0.784. The van der Waals surface area contributed by atoms with Crippen molar-refractivity contribution < 1.29 is 13.2 Å². The van der Waals surface area contributed by atoms with Crippen LogP contribution in [0.1, 0.15) is 36.6 Å². The molecule has 0 aliphatic carbocycles. The van der Waals surface area contributed by atoms with E-state index in [2.05, 4.69) is 10.3 Å². The van der Waals surface area contributed by atoms with Gasteiger partial charge in [0, 0.05) is 18.3 Å². The fourth-order valence-corrected chi connectivity index (χ4v) is 2.65. The minimum Gasteiger partial charge on any atom is -0.309 e. The summed E-state index contributed by atoms with van der Waals surface area (Å²) in [5.74, 6) is 0. The SMILES string of the molecule is O=c1cc(C2CCCCN2)nc2c(C(F)(F)F)cccn12. The summed E-state index contributed by atoms with van der Waals surface area (Å²) in [7, 11) is 0. The molecular weight excluding hydrogens is 283 g/mol. The van der Waals surface area contributed by atoms with Gasteiger partial charge in [-0.3, -0.25) is 9.20 Å². The van der Waals surface area contributed by atoms with Crippen LogP contribution >= 0.6 is 0 Å². The third kappa shape index (κ3) is 2.65. The van der Waals surface area contributed by atoms with Crippen molar-refractivity contribution in [3.05, 3.63) is 46.0 Å². The lowest BCUT2D eigenvalue weighted by Gasteiger charge is -2.23. The molecule has 4 nitrogen and oxygen atoms in total. The lowest BCUT2D eigenvalue weighted by atomic mass is 10.0. The van der Waals surface area contributed by atoms with Gasteiger partial charge in [0.1, 0.15) is 0 Å². The van der Waals surface area contributed by atoms with Gasteiger partial charge in [0.2, 0.25) is 0 Å². The van der Waals surface area contributed by atoms with E-state index in [1.54, 1.807) is 0 Å². The van der Waals surface area contributed by atoms with Gasteiger partial charge in [-0.25, -0.2) is 4.98 Å². The fraction of sp³-hybridized carbons (Fsp3) is 0.429. The summed E-state index contributed by atoms with van der Waals surface area (Å²) in [4.78, 5) is 16.2. The third-order valence-electron chi connectivity index (χ3n) is 3.68. The first kappa shape index (κ1) is 14.1. The summed E-state index contributed by atoms with van der Waals surface area (Å²) >= 11 is 0. The number of hydrogen-bond donors (Lipinski definition) is 1. The Morgan fingerprint density at radius 1 is 1.33 bits per heavy atom. The van der Waals surface area contributed by atoms with Crippen LogP contribution < -0.4 is 10.9 Å². The zero-order valence-electron chi connectivity index (χ0n) is 11.2. The molecule has 1 fully saturated rings. The van der Waals surface area contributed by atoms with Crippen LogP contribution in [0.5, 0.6) is 0 Å². The Labute approximate surface area is 118 Å². The second-order valence-corrected chi connectivity index (χ2v) is 5.13. The van der Waals surface area contributed by atoms with Crippen molar-refractivity contribution in [2.45, 2.75) is 31.5 Å². The van der Waals surface area contributed by atoms with E-state index in [1.807, 2.05) is 0 Å². The Bertz CT molecular complexity index is 717. The predicted molar refractivity (Wildman–Crippen MR) is 71.1 cm³/mol. The predicted octanol–water partition coefficient (Wildman–Crippen LogP) is 2.53. The minimum atomic E-state index is -4.54. The molecule has 7 heteroatoms. The normalized spacial score (nSPS) is 19.9. The molecule has 0 radical (unpaired) electrons.